The van der Waals surface area contributed by atoms with Crippen LogP contribution in [0.2, 0.25) is 0 Å². The number of aromatic hydroxyl groups is 1. The standard InChI is InChI=1S/C20H17NO3/c1-20(2)15(10-13-17(22)19(24)18(13)23)21(3)14-9-8-11-6-4-5-7-12(11)16(14)20/h4-10,22H,1-3H3/b15-10-. The van der Waals surface area contributed by atoms with Gasteiger partial charge in [0.05, 0.1) is 5.56 Å². The van der Waals surface area contributed by atoms with E-state index < -0.39 is 16.6 Å². The van der Waals surface area contributed by atoms with Crippen LogP contribution < -0.4 is 15.8 Å². The molecule has 1 aliphatic rings. The van der Waals surface area contributed by atoms with Crippen molar-refractivity contribution in [1.82, 2.24) is 0 Å². The Morgan fingerprint density at radius 3 is 2.46 bits per heavy atom. The zero-order valence-corrected chi connectivity index (χ0v) is 13.8. The van der Waals surface area contributed by atoms with Gasteiger partial charge in [-0.1, -0.05) is 44.2 Å². The lowest BCUT2D eigenvalue weighted by Crippen LogP contribution is -2.33. The summed E-state index contributed by atoms with van der Waals surface area (Å²) in [5.74, 6) is -0.433. The molecular formula is C20H17NO3. The Balaban J connectivity index is 1.99. The molecule has 4 rings (SSSR count). The van der Waals surface area contributed by atoms with Crippen LogP contribution in [0.3, 0.4) is 0 Å². The first-order chi connectivity index (χ1) is 11.3. The van der Waals surface area contributed by atoms with Gasteiger partial charge < -0.3 is 10.0 Å². The Labute approximate surface area is 139 Å². The minimum absolute atomic E-state index is 0.104. The number of likely N-dealkylation sites (N-methyl/N-ethyl adjacent to an activating group) is 1. The fourth-order valence-electron chi connectivity index (χ4n) is 3.82. The third-order valence-electron chi connectivity index (χ3n) is 5.10. The van der Waals surface area contributed by atoms with Gasteiger partial charge in [-0.05, 0) is 28.5 Å². The second-order valence-electron chi connectivity index (χ2n) is 6.81. The second kappa shape index (κ2) is 4.57. The smallest absolute Gasteiger partial charge is 0.268 e. The summed E-state index contributed by atoms with van der Waals surface area (Å²) in [5.41, 5.74) is 1.48. The molecule has 0 aliphatic carbocycles. The van der Waals surface area contributed by atoms with E-state index in [1.807, 2.05) is 24.1 Å². The van der Waals surface area contributed by atoms with Crippen LogP contribution in [0.1, 0.15) is 25.0 Å². The molecule has 0 spiro atoms. The molecule has 0 unspecified atom stereocenters. The van der Waals surface area contributed by atoms with Gasteiger partial charge >= 0.3 is 0 Å². The van der Waals surface area contributed by atoms with Crippen LogP contribution in [-0.2, 0) is 5.41 Å². The second-order valence-corrected chi connectivity index (χ2v) is 6.81. The van der Waals surface area contributed by atoms with E-state index in [-0.39, 0.29) is 11.0 Å². The van der Waals surface area contributed by atoms with E-state index in [0.29, 0.717) is 0 Å². The molecule has 0 atom stereocenters. The average Bonchev–Trinajstić information content (AvgIpc) is 2.78. The number of nitrogens with zero attached hydrogens (tertiary/aromatic N) is 1. The number of rotatable bonds is 1. The highest BCUT2D eigenvalue weighted by molar-refractivity contribution is 5.95. The van der Waals surface area contributed by atoms with E-state index >= 15 is 0 Å². The van der Waals surface area contributed by atoms with Crippen molar-refractivity contribution >= 4 is 22.5 Å². The molecule has 24 heavy (non-hydrogen) atoms. The molecule has 1 aliphatic heterocycles. The quantitative estimate of drug-likeness (QED) is 0.701. The van der Waals surface area contributed by atoms with Gasteiger partial charge in [-0.2, -0.15) is 0 Å². The van der Waals surface area contributed by atoms with Gasteiger partial charge in [0, 0.05) is 23.8 Å². The molecule has 0 bridgehead atoms. The minimum atomic E-state index is -0.803. The lowest BCUT2D eigenvalue weighted by atomic mass is 9.80. The summed E-state index contributed by atoms with van der Waals surface area (Å²) in [6.07, 6.45) is 1.65. The lowest BCUT2D eigenvalue weighted by Gasteiger charge is -2.25. The fraction of sp³-hybridized carbons (Fsp3) is 0.200. The number of hydrogen-bond donors (Lipinski definition) is 1. The van der Waals surface area contributed by atoms with Crippen LogP contribution in [0.15, 0.2) is 51.7 Å². The fourth-order valence-corrected chi connectivity index (χ4v) is 3.82. The van der Waals surface area contributed by atoms with Crippen LogP contribution in [-0.4, -0.2) is 12.2 Å². The molecule has 3 aromatic rings. The first-order valence-corrected chi connectivity index (χ1v) is 7.84. The largest absolute Gasteiger partial charge is 0.504 e. The maximum atomic E-state index is 11.7. The molecule has 1 N–H and O–H groups in total. The Morgan fingerprint density at radius 2 is 1.75 bits per heavy atom. The molecular weight excluding hydrogens is 302 g/mol. The van der Waals surface area contributed by atoms with Gasteiger partial charge in [0.1, 0.15) is 0 Å². The summed E-state index contributed by atoms with van der Waals surface area (Å²) in [5, 5.41) is 12.0. The van der Waals surface area contributed by atoms with Gasteiger partial charge in [-0.25, -0.2) is 0 Å². The molecule has 120 valence electrons. The van der Waals surface area contributed by atoms with Crippen molar-refractivity contribution in [2.45, 2.75) is 19.3 Å². The molecule has 0 radical (unpaired) electrons. The number of allylic oxidation sites excluding steroid dienone is 1. The van der Waals surface area contributed by atoms with Crippen molar-refractivity contribution in [1.29, 1.82) is 0 Å². The van der Waals surface area contributed by atoms with E-state index in [4.69, 9.17) is 0 Å². The van der Waals surface area contributed by atoms with Gasteiger partial charge in [0.25, 0.3) is 5.43 Å². The van der Waals surface area contributed by atoms with E-state index in [1.54, 1.807) is 6.08 Å². The molecule has 0 saturated carbocycles. The Bertz CT molecular complexity index is 1100. The van der Waals surface area contributed by atoms with Crippen molar-refractivity contribution in [3.05, 3.63) is 73.7 Å². The van der Waals surface area contributed by atoms with Crippen LogP contribution in [0, 0.1) is 0 Å². The Hall–Kier alpha value is -2.88. The zero-order valence-electron chi connectivity index (χ0n) is 13.8. The molecule has 1 heterocycles. The van der Waals surface area contributed by atoms with E-state index in [2.05, 4.69) is 38.1 Å². The van der Waals surface area contributed by atoms with E-state index in [9.17, 15) is 14.7 Å². The molecule has 0 saturated heterocycles. The van der Waals surface area contributed by atoms with Crippen LogP contribution in [0.5, 0.6) is 5.75 Å². The highest BCUT2D eigenvalue weighted by Crippen LogP contribution is 2.50. The minimum Gasteiger partial charge on any atom is -0.504 e. The SMILES string of the molecule is CN1/C(=C\c2c(O)c(=O)c2=O)C(C)(C)c2c1ccc1ccccc21. The van der Waals surface area contributed by atoms with E-state index in [1.165, 1.54) is 10.9 Å². The molecule has 0 fully saturated rings. The summed E-state index contributed by atoms with van der Waals surface area (Å²) < 4.78 is 0. The van der Waals surface area contributed by atoms with Gasteiger partial charge in [0.2, 0.25) is 5.43 Å². The van der Waals surface area contributed by atoms with Gasteiger partial charge in [0.15, 0.2) is 5.75 Å². The summed E-state index contributed by atoms with van der Waals surface area (Å²) in [6, 6.07) is 12.4. The van der Waals surface area contributed by atoms with Crippen LogP contribution in [0.25, 0.3) is 16.8 Å². The first kappa shape index (κ1) is 14.7. The summed E-state index contributed by atoms with van der Waals surface area (Å²) in [7, 11) is 1.94. The monoisotopic (exact) mass is 319 g/mol. The van der Waals surface area contributed by atoms with E-state index in [0.717, 1.165) is 16.8 Å². The van der Waals surface area contributed by atoms with Crippen molar-refractivity contribution in [2.75, 3.05) is 11.9 Å². The summed E-state index contributed by atoms with van der Waals surface area (Å²) in [4.78, 5) is 25.0. The predicted molar refractivity (Wildman–Crippen MR) is 96.4 cm³/mol. The zero-order chi connectivity index (χ0) is 17.2. The Kier molecular flexibility index (Phi) is 2.80. The number of benzene rings is 2. The maximum absolute atomic E-state index is 11.7. The van der Waals surface area contributed by atoms with Crippen molar-refractivity contribution in [2.24, 2.45) is 0 Å². The van der Waals surface area contributed by atoms with Crippen LogP contribution >= 0.6 is 0 Å². The molecule has 3 aromatic carbocycles. The molecule has 4 nitrogen and oxygen atoms in total. The normalized spacial score (nSPS) is 17.8. The van der Waals surface area contributed by atoms with Crippen molar-refractivity contribution in [3.8, 4) is 5.75 Å². The third-order valence-corrected chi connectivity index (χ3v) is 5.10. The molecule has 4 heteroatoms. The number of hydrogen-bond acceptors (Lipinski definition) is 4. The van der Waals surface area contributed by atoms with Gasteiger partial charge in [-0.3, -0.25) is 9.59 Å². The Morgan fingerprint density at radius 1 is 1.04 bits per heavy atom. The van der Waals surface area contributed by atoms with Crippen molar-refractivity contribution in [3.63, 3.8) is 0 Å². The molecule has 0 aromatic heterocycles. The average molecular weight is 319 g/mol. The first-order valence-electron chi connectivity index (χ1n) is 7.84. The topological polar surface area (TPSA) is 57.6 Å². The predicted octanol–water partition coefficient (Wildman–Crippen LogP) is 2.91. The molecule has 0 amide bonds. The number of anilines is 1. The van der Waals surface area contributed by atoms with Crippen molar-refractivity contribution < 1.29 is 5.11 Å². The third kappa shape index (κ3) is 1.68. The number of fused-ring (bicyclic) bond motifs is 3. The maximum Gasteiger partial charge on any atom is 0.268 e. The van der Waals surface area contributed by atoms with Crippen LogP contribution in [0.4, 0.5) is 5.69 Å². The summed E-state index contributed by atoms with van der Waals surface area (Å²) in [6.45, 7) is 4.19. The lowest BCUT2D eigenvalue weighted by molar-refractivity contribution is 0.461. The highest BCUT2D eigenvalue weighted by Gasteiger charge is 2.40. The highest BCUT2D eigenvalue weighted by atomic mass is 16.3. The summed E-state index contributed by atoms with van der Waals surface area (Å²) >= 11 is 0. The van der Waals surface area contributed by atoms with Gasteiger partial charge in [-0.15, -0.1) is 0 Å².